The zero-order chi connectivity index (χ0) is 10.6. The predicted octanol–water partition coefficient (Wildman–Crippen LogP) is 0.695. The molecule has 14 heavy (non-hydrogen) atoms. The SMILES string of the molecule is NCCC(=O)Nc1ccc(F)cc1N. The molecule has 0 spiro atoms. The molecular formula is C9H12FN3O. The van der Waals surface area contributed by atoms with E-state index in [9.17, 15) is 9.18 Å². The van der Waals surface area contributed by atoms with Crippen molar-refractivity contribution in [3.8, 4) is 0 Å². The van der Waals surface area contributed by atoms with E-state index in [2.05, 4.69) is 5.32 Å². The fourth-order valence-corrected chi connectivity index (χ4v) is 0.991. The van der Waals surface area contributed by atoms with Crippen LogP contribution >= 0.6 is 0 Å². The summed E-state index contributed by atoms with van der Waals surface area (Å²) >= 11 is 0. The Morgan fingerprint density at radius 3 is 2.79 bits per heavy atom. The van der Waals surface area contributed by atoms with Crippen LogP contribution in [0.2, 0.25) is 0 Å². The molecule has 1 amide bonds. The van der Waals surface area contributed by atoms with Gasteiger partial charge in [0.2, 0.25) is 5.91 Å². The lowest BCUT2D eigenvalue weighted by atomic mass is 10.2. The Balaban J connectivity index is 2.72. The number of halogens is 1. The maximum atomic E-state index is 12.6. The van der Waals surface area contributed by atoms with E-state index in [1.807, 2.05) is 0 Å². The van der Waals surface area contributed by atoms with Gasteiger partial charge in [-0.25, -0.2) is 4.39 Å². The number of nitrogens with one attached hydrogen (secondary N) is 1. The van der Waals surface area contributed by atoms with E-state index in [-0.39, 0.29) is 24.6 Å². The highest BCUT2D eigenvalue weighted by molar-refractivity contribution is 5.93. The normalized spacial score (nSPS) is 9.86. The molecule has 5 heteroatoms. The van der Waals surface area contributed by atoms with Crippen LogP contribution in [0.25, 0.3) is 0 Å². The Morgan fingerprint density at radius 1 is 1.50 bits per heavy atom. The summed E-state index contributed by atoms with van der Waals surface area (Å²) in [7, 11) is 0. The van der Waals surface area contributed by atoms with Gasteiger partial charge in [0.05, 0.1) is 11.4 Å². The third-order valence-electron chi connectivity index (χ3n) is 1.66. The maximum absolute atomic E-state index is 12.6. The van der Waals surface area contributed by atoms with Crippen molar-refractivity contribution in [1.82, 2.24) is 0 Å². The van der Waals surface area contributed by atoms with Crippen LogP contribution in [0.15, 0.2) is 18.2 Å². The number of carbonyl (C=O) groups is 1. The van der Waals surface area contributed by atoms with Crippen LogP contribution in [0.3, 0.4) is 0 Å². The summed E-state index contributed by atoms with van der Waals surface area (Å²) < 4.78 is 12.6. The summed E-state index contributed by atoms with van der Waals surface area (Å²) in [5.41, 5.74) is 11.3. The number of nitrogens with two attached hydrogens (primary N) is 2. The molecule has 0 aliphatic carbocycles. The summed E-state index contributed by atoms with van der Waals surface area (Å²) in [5.74, 6) is -0.662. The standard InChI is InChI=1S/C9H12FN3O/c10-6-1-2-8(7(12)5-6)13-9(14)3-4-11/h1-2,5H,3-4,11-12H2,(H,13,14). The molecule has 76 valence electrons. The van der Waals surface area contributed by atoms with Gasteiger partial charge >= 0.3 is 0 Å². The van der Waals surface area contributed by atoms with Crippen LogP contribution in [-0.2, 0) is 4.79 Å². The molecule has 0 heterocycles. The lowest BCUT2D eigenvalue weighted by molar-refractivity contribution is -0.116. The lowest BCUT2D eigenvalue weighted by Gasteiger charge is -2.06. The van der Waals surface area contributed by atoms with Gasteiger partial charge in [0.15, 0.2) is 0 Å². The van der Waals surface area contributed by atoms with Crippen molar-refractivity contribution in [3.63, 3.8) is 0 Å². The molecule has 0 saturated heterocycles. The second-order valence-electron chi connectivity index (χ2n) is 2.82. The van der Waals surface area contributed by atoms with E-state index >= 15 is 0 Å². The number of hydrogen-bond acceptors (Lipinski definition) is 3. The minimum atomic E-state index is -0.431. The molecule has 0 atom stereocenters. The highest BCUT2D eigenvalue weighted by Crippen LogP contribution is 2.18. The fourth-order valence-electron chi connectivity index (χ4n) is 0.991. The molecule has 0 saturated carbocycles. The Labute approximate surface area is 81.1 Å². The van der Waals surface area contributed by atoms with Gasteiger partial charge < -0.3 is 16.8 Å². The van der Waals surface area contributed by atoms with Crippen molar-refractivity contribution in [2.75, 3.05) is 17.6 Å². The Hall–Kier alpha value is -1.62. The molecule has 0 fully saturated rings. The van der Waals surface area contributed by atoms with Crippen molar-refractivity contribution in [1.29, 1.82) is 0 Å². The smallest absolute Gasteiger partial charge is 0.225 e. The second kappa shape index (κ2) is 4.57. The first-order valence-electron chi connectivity index (χ1n) is 4.18. The Morgan fingerprint density at radius 2 is 2.21 bits per heavy atom. The maximum Gasteiger partial charge on any atom is 0.225 e. The number of anilines is 2. The van der Waals surface area contributed by atoms with Crippen LogP contribution in [0.4, 0.5) is 15.8 Å². The third-order valence-corrected chi connectivity index (χ3v) is 1.66. The van der Waals surface area contributed by atoms with E-state index in [1.165, 1.54) is 12.1 Å². The molecule has 0 aliphatic heterocycles. The highest BCUT2D eigenvalue weighted by Gasteiger charge is 2.04. The van der Waals surface area contributed by atoms with Gasteiger partial charge in [0, 0.05) is 13.0 Å². The van der Waals surface area contributed by atoms with Crippen molar-refractivity contribution in [2.24, 2.45) is 5.73 Å². The number of hydrogen-bond donors (Lipinski definition) is 3. The second-order valence-corrected chi connectivity index (χ2v) is 2.82. The number of amides is 1. The lowest BCUT2D eigenvalue weighted by Crippen LogP contribution is -2.17. The minimum Gasteiger partial charge on any atom is -0.397 e. The topological polar surface area (TPSA) is 81.1 Å². The van der Waals surface area contributed by atoms with Gasteiger partial charge in [0.25, 0.3) is 0 Å². The van der Waals surface area contributed by atoms with E-state index in [0.29, 0.717) is 5.69 Å². The molecule has 0 aromatic heterocycles. The van der Waals surface area contributed by atoms with Gasteiger partial charge in [-0.05, 0) is 18.2 Å². The molecule has 5 N–H and O–H groups in total. The number of carbonyl (C=O) groups excluding carboxylic acids is 1. The van der Waals surface area contributed by atoms with Crippen LogP contribution < -0.4 is 16.8 Å². The van der Waals surface area contributed by atoms with Gasteiger partial charge in [-0.1, -0.05) is 0 Å². The molecule has 0 bridgehead atoms. The Bertz CT molecular complexity index is 341. The summed E-state index contributed by atoms with van der Waals surface area (Å²) in [6, 6.07) is 3.80. The zero-order valence-electron chi connectivity index (χ0n) is 7.59. The first-order valence-corrected chi connectivity index (χ1v) is 4.18. The van der Waals surface area contributed by atoms with Crippen molar-refractivity contribution >= 4 is 17.3 Å². The fraction of sp³-hybridized carbons (Fsp3) is 0.222. The molecule has 4 nitrogen and oxygen atoms in total. The van der Waals surface area contributed by atoms with E-state index in [4.69, 9.17) is 11.5 Å². The minimum absolute atomic E-state index is 0.204. The number of rotatable bonds is 3. The molecule has 0 radical (unpaired) electrons. The monoisotopic (exact) mass is 197 g/mol. The van der Waals surface area contributed by atoms with Crippen LogP contribution in [0.1, 0.15) is 6.42 Å². The van der Waals surface area contributed by atoms with Gasteiger partial charge in [-0.15, -0.1) is 0 Å². The largest absolute Gasteiger partial charge is 0.397 e. The van der Waals surface area contributed by atoms with E-state index in [1.54, 1.807) is 0 Å². The van der Waals surface area contributed by atoms with E-state index < -0.39 is 5.82 Å². The van der Waals surface area contributed by atoms with Gasteiger partial charge in [-0.3, -0.25) is 4.79 Å². The molecule has 0 unspecified atom stereocenters. The summed E-state index contributed by atoms with van der Waals surface area (Å²) in [6.07, 6.45) is 0.219. The molecule has 1 rings (SSSR count). The molecular weight excluding hydrogens is 185 g/mol. The van der Waals surface area contributed by atoms with Crippen molar-refractivity contribution in [2.45, 2.75) is 6.42 Å². The predicted molar refractivity (Wildman–Crippen MR) is 53.1 cm³/mol. The van der Waals surface area contributed by atoms with E-state index in [0.717, 1.165) is 6.07 Å². The number of nitrogen functional groups attached to an aromatic ring is 1. The first kappa shape index (κ1) is 10.5. The van der Waals surface area contributed by atoms with Gasteiger partial charge in [-0.2, -0.15) is 0 Å². The van der Waals surface area contributed by atoms with Crippen molar-refractivity contribution in [3.05, 3.63) is 24.0 Å². The zero-order valence-corrected chi connectivity index (χ0v) is 7.59. The van der Waals surface area contributed by atoms with Crippen LogP contribution in [-0.4, -0.2) is 12.5 Å². The summed E-state index contributed by atoms with van der Waals surface area (Å²) in [5, 5.41) is 2.53. The quantitative estimate of drug-likeness (QED) is 0.624. The van der Waals surface area contributed by atoms with Crippen molar-refractivity contribution < 1.29 is 9.18 Å². The summed E-state index contributed by atoms with van der Waals surface area (Å²) in [6.45, 7) is 0.271. The number of benzene rings is 1. The molecule has 0 aliphatic rings. The van der Waals surface area contributed by atoms with Crippen LogP contribution in [0.5, 0.6) is 0 Å². The first-order chi connectivity index (χ1) is 6.63. The Kier molecular flexibility index (Phi) is 3.41. The van der Waals surface area contributed by atoms with Gasteiger partial charge in [0.1, 0.15) is 5.82 Å². The highest BCUT2D eigenvalue weighted by atomic mass is 19.1. The molecule has 1 aromatic rings. The average molecular weight is 197 g/mol. The molecule has 1 aromatic carbocycles. The van der Waals surface area contributed by atoms with Crippen LogP contribution in [0, 0.1) is 5.82 Å². The average Bonchev–Trinajstić information content (AvgIpc) is 2.10. The summed E-state index contributed by atoms with van der Waals surface area (Å²) in [4.78, 5) is 11.1. The third kappa shape index (κ3) is 2.70.